The Hall–Kier alpha value is -2.08. The Morgan fingerprint density at radius 3 is 2.48 bits per heavy atom. The third-order valence-corrected chi connectivity index (χ3v) is 8.78. The van der Waals surface area contributed by atoms with Gasteiger partial charge in [0.1, 0.15) is 5.52 Å². The standard InChI is InChI=1S/C22H31N5O5S/c28-21(25-13-8-22(9-14-25)31-15-16-32-22)5-4-12-27-20-7-6-18(17-19(20)23-24-27)33(29,30)26-10-2-1-3-11-26/h6-7,17H,1-5,8-16H2. The second-order valence-corrected chi connectivity index (χ2v) is 11.0. The number of likely N-dealkylation sites (tertiary alicyclic amines) is 1. The molecule has 1 aromatic carbocycles. The quantitative estimate of drug-likeness (QED) is 0.624. The molecule has 180 valence electrons. The lowest BCUT2D eigenvalue weighted by Gasteiger charge is -2.37. The zero-order valence-corrected chi connectivity index (χ0v) is 19.6. The minimum absolute atomic E-state index is 0.127. The second kappa shape index (κ2) is 9.28. The van der Waals surface area contributed by atoms with E-state index in [0.717, 1.165) is 37.6 Å². The predicted molar refractivity (Wildman–Crippen MR) is 120 cm³/mol. The average Bonchev–Trinajstić information content (AvgIpc) is 3.47. The Morgan fingerprint density at radius 2 is 1.76 bits per heavy atom. The zero-order valence-electron chi connectivity index (χ0n) is 18.8. The zero-order chi connectivity index (χ0) is 22.9. The molecule has 1 aromatic heterocycles. The van der Waals surface area contributed by atoms with Crippen molar-refractivity contribution in [3.63, 3.8) is 0 Å². The number of hydrogen-bond acceptors (Lipinski definition) is 7. The number of benzene rings is 1. The number of fused-ring (bicyclic) bond motifs is 1. The molecule has 0 N–H and O–H groups in total. The summed E-state index contributed by atoms with van der Waals surface area (Å²) in [5.74, 6) is -0.348. The highest BCUT2D eigenvalue weighted by Gasteiger charge is 2.40. The Kier molecular flexibility index (Phi) is 6.39. The lowest BCUT2D eigenvalue weighted by Crippen LogP contribution is -2.47. The molecule has 3 fully saturated rings. The maximum absolute atomic E-state index is 12.9. The van der Waals surface area contributed by atoms with Crippen LogP contribution in [0.2, 0.25) is 0 Å². The van der Waals surface area contributed by atoms with Gasteiger partial charge in [-0.05, 0) is 37.5 Å². The number of aryl methyl sites for hydroxylation is 1. The van der Waals surface area contributed by atoms with Gasteiger partial charge in [0.05, 0.1) is 23.6 Å². The Labute approximate surface area is 193 Å². The molecule has 3 aliphatic rings. The van der Waals surface area contributed by atoms with Crippen LogP contribution in [0.1, 0.15) is 44.9 Å². The molecule has 10 nitrogen and oxygen atoms in total. The van der Waals surface area contributed by atoms with Gasteiger partial charge in [-0.3, -0.25) is 4.79 Å². The van der Waals surface area contributed by atoms with Gasteiger partial charge in [-0.25, -0.2) is 13.1 Å². The molecular weight excluding hydrogens is 446 g/mol. The minimum atomic E-state index is -3.51. The van der Waals surface area contributed by atoms with E-state index >= 15 is 0 Å². The summed E-state index contributed by atoms with van der Waals surface area (Å²) in [6, 6.07) is 5.00. The fourth-order valence-corrected chi connectivity index (χ4v) is 6.49. The molecule has 0 radical (unpaired) electrons. The average molecular weight is 478 g/mol. The number of piperidine rings is 2. The van der Waals surface area contributed by atoms with Gasteiger partial charge in [0.25, 0.3) is 0 Å². The van der Waals surface area contributed by atoms with E-state index in [0.29, 0.717) is 64.3 Å². The number of sulfonamides is 1. The van der Waals surface area contributed by atoms with Gasteiger partial charge in [0, 0.05) is 52.0 Å². The van der Waals surface area contributed by atoms with Gasteiger partial charge < -0.3 is 14.4 Å². The molecule has 5 rings (SSSR count). The van der Waals surface area contributed by atoms with E-state index in [1.807, 2.05) is 4.90 Å². The van der Waals surface area contributed by atoms with Crippen molar-refractivity contribution in [2.75, 3.05) is 39.4 Å². The molecule has 4 heterocycles. The first-order valence-corrected chi connectivity index (χ1v) is 13.3. The number of rotatable bonds is 6. The Bertz CT molecular complexity index is 1100. The van der Waals surface area contributed by atoms with E-state index < -0.39 is 15.8 Å². The van der Waals surface area contributed by atoms with Crippen molar-refractivity contribution in [1.82, 2.24) is 24.2 Å². The van der Waals surface area contributed by atoms with Crippen LogP contribution >= 0.6 is 0 Å². The van der Waals surface area contributed by atoms with Crippen LogP contribution in [0.3, 0.4) is 0 Å². The summed E-state index contributed by atoms with van der Waals surface area (Å²) in [6.45, 7) is 4.25. The molecular formula is C22H31N5O5S. The molecule has 1 spiro atoms. The van der Waals surface area contributed by atoms with Gasteiger partial charge in [-0.1, -0.05) is 11.6 Å². The molecule has 0 unspecified atom stereocenters. The van der Waals surface area contributed by atoms with Crippen LogP contribution in [-0.4, -0.2) is 83.7 Å². The van der Waals surface area contributed by atoms with Gasteiger partial charge >= 0.3 is 0 Å². The first kappa shape index (κ1) is 22.7. The number of amides is 1. The first-order chi connectivity index (χ1) is 16.0. The number of nitrogens with zero attached hydrogens (tertiary/aromatic N) is 5. The highest BCUT2D eigenvalue weighted by atomic mass is 32.2. The van der Waals surface area contributed by atoms with Crippen molar-refractivity contribution in [3.8, 4) is 0 Å². The van der Waals surface area contributed by atoms with Crippen molar-refractivity contribution < 1.29 is 22.7 Å². The normalized spacial score (nSPS) is 21.8. The number of hydrogen-bond donors (Lipinski definition) is 0. The SMILES string of the molecule is O=C(CCCn1nnc2cc(S(=O)(=O)N3CCCCC3)ccc21)N1CCC2(CC1)OCCO2. The highest BCUT2D eigenvalue weighted by Crippen LogP contribution is 2.31. The predicted octanol–water partition coefficient (Wildman–Crippen LogP) is 1.75. The van der Waals surface area contributed by atoms with Crippen LogP contribution in [0, 0.1) is 0 Å². The smallest absolute Gasteiger partial charge is 0.243 e. The maximum Gasteiger partial charge on any atom is 0.243 e. The number of aromatic nitrogens is 3. The van der Waals surface area contributed by atoms with Crippen molar-refractivity contribution in [1.29, 1.82) is 0 Å². The van der Waals surface area contributed by atoms with E-state index in [9.17, 15) is 13.2 Å². The third kappa shape index (κ3) is 4.64. The summed E-state index contributed by atoms with van der Waals surface area (Å²) in [6.07, 6.45) is 5.37. The van der Waals surface area contributed by atoms with Crippen molar-refractivity contribution in [3.05, 3.63) is 18.2 Å². The van der Waals surface area contributed by atoms with E-state index in [4.69, 9.17) is 9.47 Å². The van der Waals surface area contributed by atoms with Crippen LogP contribution in [0.25, 0.3) is 11.0 Å². The molecule has 1 amide bonds. The van der Waals surface area contributed by atoms with Gasteiger partial charge in [0.2, 0.25) is 15.9 Å². The van der Waals surface area contributed by atoms with Gasteiger partial charge in [-0.15, -0.1) is 5.10 Å². The lowest BCUT2D eigenvalue weighted by atomic mass is 10.0. The molecule has 11 heteroatoms. The lowest BCUT2D eigenvalue weighted by molar-refractivity contribution is -0.187. The Morgan fingerprint density at radius 1 is 1.03 bits per heavy atom. The largest absolute Gasteiger partial charge is 0.347 e. The summed E-state index contributed by atoms with van der Waals surface area (Å²) in [7, 11) is -3.51. The van der Waals surface area contributed by atoms with Crippen molar-refractivity contribution in [2.45, 2.75) is 62.2 Å². The molecule has 3 saturated heterocycles. The summed E-state index contributed by atoms with van der Waals surface area (Å²) in [5.41, 5.74) is 1.33. The van der Waals surface area contributed by atoms with E-state index in [1.165, 1.54) is 0 Å². The van der Waals surface area contributed by atoms with Crippen LogP contribution < -0.4 is 0 Å². The van der Waals surface area contributed by atoms with Crippen LogP contribution in [0.5, 0.6) is 0 Å². The van der Waals surface area contributed by atoms with Crippen molar-refractivity contribution >= 4 is 27.0 Å². The van der Waals surface area contributed by atoms with Gasteiger partial charge in [0.15, 0.2) is 5.79 Å². The second-order valence-electron chi connectivity index (χ2n) is 9.02. The van der Waals surface area contributed by atoms with E-state index in [1.54, 1.807) is 27.2 Å². The first-order valence-electron chi connectivity index (χ1n) is 11.9. The summed E-state index contributed by atoms with van der Waals surface area (Å²) in [4.78, 5) is 14.8. The van der Waals surface area contributed by atoms with E-state index in [2.05, 4.69) is 10.3 Å². The summed E-state index contributed by atoms with van der Waals surface area (Å²) in [5, 5.41) is 8.36. The third-order valence-electron chi connectivity index (χ3n) is 6.89. The maximum atomic E-state index is 12.9. The number of ether oxygens (including phenoxy) is 2. The molecule has 0 saturated carbocycles. The van der Waals surface area contributed by atoms with Crippen LogP contribution in [-0.2, 0) is 30.8 Å². The molecule has 2 aromatic rings. The Balaban J connectivity index is 1.17. The molecule has 0 atom stereocenters. The number of carbonyl (C=O) groups is 1. The summed E-state index contributed by atoms with van der Waals surface area (Å²) < 4.78 is 40.6. The summed E-state index contributed by atoms with van der Waals surface area (Å²) >= 11 is 0. The van der Waals surface area contributed by atoms with Crippen LogP contribution in [0.15, 0.2) is 23.1 Å². The molecule has 0 aliphatic carbocycles. The van der Waals surface area contributed by atoms with Gasteiger partial charge in [-0.2, -0.15) is 4.31 Å². The fraction of sp³-hybridized carbons (Fsp3) is 0.682. The van der Waals surface area contributed by atoms with Crippen molar-refractivity contribution in [2.24, 2.45) is 0 Å². The molecule has 0 bridgehead atoms. The number of carbonyl (C=O) groups excluding carboxylic acids is 1. The fourth-order valence-electron chi connectivity index (χ4n) is 4.95. The minimum Gasteiger partial charge on any atom is -0.347 e. The molecule has 3 aliphatic heterocycles. The van der Waals surface area contributed by atoms with E-state index in [-0.39, 0.29) is 10.8 Å². The monoisotopic (exact) mass is 477 g/mol. The van der Waals surface area contributed by atoms with Crippen LogP contribution in [0.4, 0.5) is 0 Å². The highest BCUT2D eigenvalue weighted by molar-refractivity contribution is 7.89. The molecule has 33 heavy (non-hydrogen) atoms. The topological polar surface area (TPSA) is 107 Å².